The molecular formula is C16H15FN4. The van der Waals surface area contributed by atoms with E-state index in [1.165, 1.54) is 12.1 Å². The first kappa shape index (κ1) is 13.3. The van der Waals surface area contributed by atoms with Gasteiger partial charge in [-0.1, -0.05) is 29.5 Å². The van der Waals surface area contributed by atoms with Gasteiger partial charge in [-0.2, -0.15) is 0 Å². The second kappa shape index (κ2) is 5.75. The van der Waals surface area contributed by atoms with Crippen LogP contribution in [0.1, 0.15) is 18.5 Å². The van der Waals surface area contributed by atoms with Crippen LogP contribution in [0.15, 0.2) is 60.9 Å². The van der Waals surface area contributed by atoms with E-state index in [-0.39, 0.29) is 11.9 Å². The number of hydrogen-bond acceptors (Lipinski definition) is 3. The van der Waals surface area contributed by atoms with Gasteiger partial charge in [0.2, 0.25) is 0 Å². The van der Waals surface area contributed by atoms with Gasteiger partial charge < -0.3 is 5.32 Å². The van der Waals surface area contributed by atoms with E-state index < -0.39 is 0 Å². The van der Waals surface area contributed by atoms with Gasteiger partial charge in [-0.3, -0.25) is 0 Å². The molecule has 0 spiro atoms. The maximum atomic E-state index is 13.3. The van der Waals surface area contributed by atoms with E-state index in [4.69, 9.17) is 0 Å². The SMILES string of the molecule is CC(Nc1ccccc1-n1ccnn1)c1cccc(F)c1. The number of rotatable bonds is 4. The predicted octanol–water partition coefficient (Wildman–Crippen LogP) is 3.58. The van der Waals surface area contributed by atoms with Crippen LogP contribution >= 0.6 is 0 Å². The van der Waals surface area contributed by atoms with Gasteiger partial charge in [0.05, 0.1) is 23.8 Å². The lowest BCUT2D eigenvalue weighted by atomic mass is 10.1. The molecule has 0 aliphatic rings. The minimum absolute atomic E-state index is 0.0228. The van der Waals surface area contributed by atoms with Gasteiger partial charge in [0.25, 0.3) is 0 Å². The molecule has 1 atom stereocenters. The highest BCUT2D eigenvalue weighted by Crippen LogP contribution is 2.24. The summed E-state index contributed by atoms with van der Waals surface area (Å²) in [7, 11) is 0. The summed E-state index contributed by atoms with van der Waals surface area (Å²) in [6.45, 7) is 1.99. The van der Waals surface area contributed by atoms with Crippen molar-refractivity contribution in [2.75, 3.05) is 5.32 Å². The van der Waals surface area contributed by atoms with Gasteiger partial charge in [-0.25, -0.2) is 9.07 Å². The van der Waals surface area contributed by atoms with Crippen molar-refractivity contribution < 1.29 is 4.39 Å². The highest BCUT2D eigenvalue weighted by Gasteiger charge is 2.10. The standard InChI is InChI=1S/C16H15FN4/c1-12(13-5-4-6-14(17)11-13)19-15-7-2-3-8-16(15)21-10-9-18-20-21/h2-12,19H,1H3. The van der Waals surface area contributed by atoms with Crippen LogP contribution in [0, 0.1) is 5.82 Å². The van der Waals surface area contributed by atoms with E-state index in [0.29, 0.717) is 0 Å². The molecule has 1 N–H and O–H groups in total. The Morgan fingerprint density at radius 1 is 1.14 bits per heavy atom. The van der Waals surface area contributed by atoms with Crippen LogP contribution in [0.4, 0.5) is 10.1 Å². The van der Waals surface area contributed by atoms with E-state index in [2.05, 4.69) is 15.6 Å². The fraction of sp³-hybridized carbons (Fsp3) is 0.125. The second-order valence-electron chi connectivity index (χ2n) is 4.79. The van der Waals surface area contributed by atoms with Crippen molar-refractivity contribution in [1.29, 1.82) is 0 Å². The molecule has 4 nitrogen and oxygen atoms in total. The number of nitrogens with zero attached hydrogens (tertiary/aromatic N) is 3. The Morgan fingerprint density at radius 3 is 2.76 bits per heavy atom. The molecule has 3 aromatic rings. The zero-order chi connectivity index (χ0) is 14.7. The Hall–Kier alpha value is -2.69. The Labute approximate surface area is 122 Å². The molecule has 106 valence electrons. The highest BCUT2D eigenvalue weighted by atomic mass is 19.1. The second-order valence-corrected chi connectivity index (χ2v) is 4.79. The van der Waals surface area contributed by atoms with Crippen molar-refractivity contribution >= 4 is 5.69 Å². The Bertz CT molecular complexity index is 725. The summed E-state index contributed by atoms with van der Waals surface area (Å²) in [5, 5.41) is 11.2. The van der Waals surface area contributed by atoms with Crippen LogP contribution in [-0.2, 0) is 0 Å². The third kappa shape index (κ3) is 2.91. The Morgan fingerprint density at radius 2 is 2.00 bits per heavy atom. The number of hydrogen-bond donors (Lipinski definition) is 1. The van der Waals surface area contributed by atoms with Gasteiger partial charge in [-0.05, 0) is 36.8 Å². The van der Waals surface area contributed by atoms with Crippen LogP contribution in [0.25, 0.3) is 5.69 Å². The molecular weight excluding hydrogens is 267 g/mol. The van der Waals surface area contributed by atoms with E-state index in [9.17, 15) is 4.39 Å². The van der Waals surface area contributed by atoms with Crippen LogP contribution in [-0.4, -0.2) is 15.0 Å². The topological polar surface area (TPSA) is 42.7 Å². The average molecular weight is 282 g/mol. The molecule has 1 aromatic heterocycles. The van der Waals surface area contributed by atoms with Crippen molar-refractivity contribution in [1.82, 2.24) is 15.0 Å². The minimum atomic E-state index is -0.231. The van der Waals surface area contributed by atoms with E-state index in [0.717, 1.165) is 16.9 Å². The third-order valence-electron chi connectivity index (χ3n) is 3.29. The quantitative estimate of drug-likeness (QED) is 0.795. The van der Waals surface area contributed by atoms with Crippen LogP contribution in [0.2, 0.25) is 0 Å². The first-order chi connectivity index (χ1) is 10.2. The summed E-state index contributed by atoms with van der Waals surface area (Å²) in [4.78, 5) is 0. The molecule has 5 heteroatoms. The summed E-state index contributed by atoms with van der Waals surface area (Å²) in [5.41, 5.74) is 2.71. The number of aromatic nitrogens is 3. The van der Waals surface area contributed by atoms with Gasteiger partial charge in [0.1, 0.15) is 5.82 Å². The zero-order valence-electron chi connectivity index (χ0n) is 11.6. The average Bonchev–Trinajstić information content (AvgIpc) is 3.02. The Kier molecular flexibility index (Phi) is 3.64. The molecule has 0 aliphatic carbocycles. The molecule has 21 heavy (non-hydrogen) atoms. The third-order valence-corrected chi connectivity index (χ3v) is 3.29. The molecule has 1 heterocycles. The monoisotopic (exact) mass is 282 g/mol. The molecule has 0 amide bonds. The lowest BCUT2D eigenvalue weighted by molar-refractivity contribution is 0.623. The number of anilines is 1. The number of benzene rings is 2. The summed E-state index contributed by atoms with van der Waals surface area (Å²) in [5.74, 6) is -0.231. The fourth-order valence-corrected chi connectivity index (χ4v) is 2.22. The van der Waals surface area contributed by atoms with Crippen molar-refractivity contribution in [3.63, 3.8) is 0 Å². The molecule has 0 fully saturated rings. The first-order valence-corrected chi connectivity index (χ1v) is 6.72. The maximum absolute atomic E-state index is 13.3. The lowest BCUT2D eigenvalue weighted by Crippen LogP contribution is -2.10. The predicted molar refractivity (Wildman–Crippen MR) is 79.8 cm³/mol. The Balaban J connectivity index is 1.88. The normalized spacial score (nSPS) is 12.1. The van der Waals surface area contributed by atoms with Crippen molar-refractivity contribution in [3.05, 3.63) is 72.3 Å². The first-order valence-electron chi connectivity index (χ1n) is 6.72. The molecule has 3 rings (SSSR count). The maximum Gasteiger partial charge on any atom is 0.123 e. The number of para-hydroxylation sites is 2. The molecule has 0 radical (unpaired) electrons. The summed E-state index contributed by atoms with van der Waals surface area (Å²) in [6.07, 6.45) is 3.42. The van der Waals surface area contributed by atoms with Gasteiger partial charge >= 0.3 is 0 Å². The number of halogens is 1. The summed E-state index contributed by atoms with van der Waals surface area (Å²) < 4.78 is 15.0. The summed E-state index contributed by atoms with van der Waals surface area (Å²) in [6, 6.07) is 14.4. The zero-order valence-corrected chi connectivity index (χ0v) is 11.6. The smallest absolute Gasteiger partial charge is 0.123 e. The molecule has 0 aliphatic heterocycles. The van der Waals surface area contributed by atoms with Crippen molar-refractivity contribution in [2.45, 2.75) is 13.0 Å². The van der Waals surface area contributed by atoms with Crippen molar-refractivity contribution in [3.8, 4) is 5.69 Å². The molecule has 0 saturated heterocycles. The minimum Gasteiger partial charge on any atom is -0.377 e. The summed E-state index contributed by atoms with van der Waals surface area (Å²) >= 11 is 0. The van der Waals surface area contributed by atoms with E-state index in [1.54, 1.807) is 23.1 Å². The molecule has 0 saturated carbocycles. The molecule has 2 aromatic carbocycles. The van der Waals surface area contributed by atoms with Gasteiger partial charge in [0.15, 0.2) is 0 Å². The van der Waals surface area contributed by atoms with E-state index >= 15 is 0 Å². The van der Waals surface area contributed by atoms with Gasteiger partial charge in [-0.15, -0.1) is 5.10 Å². The van der Waals surface area contributed by atoms with Gasteiger partial charge in [0, 0.05) is 6.04 Å². The largest absolute Gasteiger partial charge is 0.377 e. The van der Waals surface area contributed by atoms with E-state index in [1.807, 2.05) is 37.3 Å². The number of nitrogens with one attached hydrogen (secondary N) is 1. The van der Waals surface area contributed by atoms with Crippen LogP contribution < -0.4 is 5.32 Å². The van der Waals surface area contributed by atoms with Crippen molar-refractivity contribution in [2.24, 2.45) is 0 Å². The fourth-order valence-electron chi connectivity index (χ4n) is 2.22. The van der Waals surface area contributed by atoms with Crippen LogP contribution in [0.3, 0.4) is 0 Å². The van der Waals surface area contributed by atoms with Crippen LogP contribution in [0.5, 0.6) is 0 Å². The lowest BCUT2D eigenvalue weighted by Gasteiger charge is -2.18. The molecule has 0 bridgehead atoms. The highest BCUT2D eigenvalue weighted by molar-refractivity contribution is 5.61. The molecule has 1 unspecified atom stereocenters.